The van der Waals surface area contributed by atoms with Crippen LogP contribution >= 0.6 is 0 Å². The predicted molar refractivity (Wildman–Crippen MR) is 111 cm³/mol. The van der Waals surface area contributed by atoms with Crippen LogP contribution in [0.2, 0.25) is 0 Å². The number of nitrogens with one attached hydrogen (secondary N) is 1. The van der Waals surface area contributed by atoms with Crippen molar-refractivity contribution in [1.82, 2.24) is 15.0 Å². The molecule has 0 spiro atoms. The second kappa shape index (κ2) is 6.34. The minimum Gasteiger partial charge on any atom is -0.346 e. The van der Waals surface area contributed by atoms with Crippen molar-refractivity contribution in [1.29, 1.82) is 0 Å². The highest BCUT2D eigenvalue weighted by atomic mass is 14.8. The van der Waals surface area contributed by atoms with Gasteiger partial charge in [-0.15, -0.1) is 0 Å². The lowest BCUT2D eigenvalue weighted by Gasteiger charge is -2.16. The Bertz CT molecular complexity index is 1130. The number of hydrogen-bond donors (Lipinski definition) is 1. The molecular weight excluding hydrogens is 330 g/mol. The molecule has 3 heterocycles. The zero-order valence-corrected chi connectivity index (χ0v) is 15.8. The first-order chi connectivity index (χ1) is 13.2. The number of rotatable bonds is 2. The summed E-state index contributed by atoms with van der Waals surface area (Å²) in [5.41, 5.74) is 11.1. The van der Waals surface area contributed by atoms with E-state index in [2.05, 4.69) is 60.3 Å². The number of hydrogen-bond acceptors (Lipinski definition) is 2. The van der Waals surface area contributed by atoms with Crippen LogP contribution in [0.1, 0.15) is 35.2 Å². The van der Waals surface area contributed by atoms with E-state index in [0.717, 1.165) is 16.9 Å². The van der Waals surface area contributed by atoms with Gasteiger partial charge < -0.3 is 4.98 Å². The van der Waals surface area contributed by atoms with Crippen LogP contribution in [0.5, 0.6) is 0 Å². The van der Waals surface area contributed by atoms with Gasteiger partial charge in [0.25, 0.3) is 0 Å². The minimum atomic E-state index is 0.936. The number of aromatic amines is 1. The van der Waals surface area contributed by atoms with E-state index in [4.69, 9.17) is 4.98 Å². The third-order valence-electron chi connectivity index (χ3n) is 5.83. The fourth-order valence-corrected chi connectivity index (χ4v) is 4.41. The molecular formula is C24H23N3. The molecule has 0 atom stereocenters. The van der Waals surface area contributed by atoms with Crippen molar-refractivity contribution in [2.75, 3.05) is 0 Å². The summed E-state index contributed by atoms with van der Waals surface area (Å²) in [4.78, 5) is 12.5. The number of pyridine rings is 2. The molecule has 0 saturated carbocycles. The summed E-state index contributed by atoms with van der Waals surface area (Å²) in [6, 6.07) is 11.3. The van der Waals surface area contributed by atoms with Gasteiger partial charge in [0.05, 0.1) is 0 Å². The zero-order chi connectivity index (χ0) is 18.4. The third-order valence-corrected chi connectivity index (χ3v) is 5.83. The van der Waals surface area contributed by atoms with Crippen LogP contribution in [-0.4, -0.2) is 15.0 Å². The molecule has 0 radical (unpaired) electrons. The largest absolute Gasteiger partial charge is 0.346 e. The lowest BCUT2D eigenvalue weighted by Crippen LogP contribution is -2.02. The van der Waals surface area contributed by atoms with Crippen molar-refractivity contribution in [3.05, 3.63) is 71.3 Å². The van der Waals surface area contributed by atoms with Crippen LogP contribution in [0.15, 0.2) is 48.9 Å². The summed E-state index contributed by atoms with van der Waals surface area (Å²) in [5.74, 6) is 0. The Morgan fingerprint density at radius 2 is 1.74 bits per heavy atom. The smallest absolute Gasteiger partial charge is 0.137 e. The van der Waals surface area contributed by atoms with Gasteiger partial charge >= 0.3 is 0 Å². The van der Waals surface area contributed by atoms with Crippen molar-refractivity contribution >= 4 is 11.0 Å². The maximum Gasteiger partial charge on any atom is 0.137 e. The Morgan fingerprint density at radius 1 is 0.889 bits per heavy atom. The van der Waals surface area contributed by atoms with Gasteiger partial charge in [-0.2, -0.15) is 0 Å². The Labute approximate surface area is 159 Å². The summed E-state index contributed by atoms with van der Waals surface area (Å²) in [6.07, 6.45) is 10.9. The highest BCUT2D eigenvalue weighted by Crippen LogP contribution is 2.34. The Morgan fingerprint density at radius 3 is 2.59 bits per heavy atom. The van der Waals surface area contributed by atoms with Crippen molar-refractivity contribution in [3.8, 4) is 22.3 Å². The first kappa shape index (κ1) is 16.2. The zero-order valence-electron chi connectivity index (χ0n) is 15.8. The summed E-state index contributed by atoms with van der Waals surface area (Å²) in [7, 11) is 0. The van der Waals surface area contributed by atoms with Gasteiger partial charge in [0.1, 0.15) is 5.65 Å². The molecule has 3 nitrogen and oxygen atoms in total. The van der Waals surface area contributed by atoms with Crippen LogP contribution in [0.4, 0.5) is 0 Å². The number of benzene rings is 1. The molecule has 0 amide bonds. The molecule has 1 aromatic carbocycles. The van der Waals surface area contributed by atoms with Gasteiger partial charge in [-0.05, 0) is 73.9 Å². The molecule has 3 aromatic heterocycles. The molecule has 0 aliphatic heterocycles. The summed E-state index contributed by atoms with van der Waals surface area (Å²) in [5, 5.41) is 1.17. The Balaban J connectivity index is 1.66. The van der Waals surface area contributed by atoms with Gasteiger partial charge in [-0.25, -0.2) is 4.98 Å². The van der Waals surface area contributed by atoms with E-state index in [0.29, 0.717) is 0 Å². The van der Waals surface area contributed by atoms with E-state index in [1.54, 1.807) is 0 Å². The van der Waals surface area contributed by atoms with Crippen LogP contribution in [0.3, 0.4) is 0 Å². The average Bonchev–Trinajstić information content (AvgIpc) is 3.11. The van der Waals surface area contributed by atoms with Crippen LogP contribution < -0.4 is 0 Å². The predicted octanol–water partition coefficient (Wildman–Crippen LogP) is 5.79. The van der Waals surface area contributed by atoms with Crippen molar-refractivity contribution in [3.63, 3.8) is 0 Å². The first-order valence-electron chi connectivity index (χ1n) is 9.72. The maximum absolute atomic E-state index is 4.69. The van der Waals surface area contributed by atoms with E-state index in [9.17, 15) is 0 Å². The average molecular weight is 353 g/mol. The van der Waals surface area contributed by atoms with Gasteiger partial charge in [-0.1, -0.05) is 18.2 Å². The lowest BCUT2D eigenvalue weighted by atomic mass is 9.89. The molecule has 0 fully saturated rings. The van der Waals surface area contributed by atoms with Gasteiger partial charge in [0, 0.05) is 46.4 Å². The van der Waals surface area contributed by atoms with Gasteiger partial charge in [0.15, 0.2) is 0 Å². The second-order valence-electron chi connectivity index (χ2n) is 7.60. The standard InChI is InChI=1S/C24H23N3/c1-15-9-10-25-16(2)23(15)20-12-21-22(14-27-24(21)26-13-20)19-8-7-17-5-3-4-6-18(17)11-19/h7-14H,3-6H2,1-2H3,(H,26,27). The molecule has 27 heavy (non-hydrogen) atoms. The third kappa shape index (κ3) is 2.74. The first-order valence-corrected chi connectivity index (χ1v) is 9.72. The molecule has 1 N–H and O–H groups in total. The van der Waals surface area contributed by atoms with E-state index in [1.165, 1.54) is 64.5 Å². The number of H-pyrrole nitrogens is 1. The van der Waals surface area contributed by atoms with Crippen molar-refractivity contribution in [2.24, 2.45) is 0 Å². The summed E-state index contributed by atoms with van der Waals surface area (Å²) < 4.78 is 0. The van der Waals surface area contributed by atoms with Crippen LogP contribution in [0, 0.1) is 13.8 Å². The lowest BCUT2D eigenvalue weighted by molar-refractivity contribution is 0.686. The number of aryl methyl sites for hydroxylation is 4. The summed E-state index contributed by atoms with van der Waals surface area (Å²) >= 11 is 0. The molecule has 4 aromatic rings. The van der Waals surface area contributed by atoms with Gasteiger partial charge in [0.2, 0.25) is 0 Å². The van der Waals surface area contributed by atoms with Crippen LogP contribution in [0.25, 0.3) is 33.3 Å². The second-order valence-corrected chi connectivity index (χ2v) is 7.60. The fourth-order valence-electron chi connectivity index (χ4n) is 4.41. The van der Waals surface area contributed by atoms with E-state index in [1.807, 2.05) is 12.4 Å². The molecule has 134 valence electrons. The van der Waals surface area contributed by atoms with Crippen molar-refractivity contribution in [2.45, 2.75) is 39.5 Å². The van der Waals surface area contributed by atoms with Gasteiger partial charge in [-0.3, -0.25) is 4.98 Å². The maximum atomic E-state index is 4.69. The van der Waals surface area contributed by atoms with Crippen LogP contribution in [-0.2, 0) is 12.8 Å². The monoisotopic (exact) mass is 353 g/mol. The Hall–Kier alpha value is -2.94. The molecule has 0 bridgehead atoms. The molecule has 1 aliphatic carbocycles. The molecule has 5 rings (SSSR count). The van der Waals surface area contributed by atoms with E-state index in [-0.39, 0.29) is 0 Å². The number of aromatic nitrogens is 3. The molecule has 0 unspecified atom stereocenters. The highest BCUT2D eigenvalue weighted by Gasteiger charge is 2.14. The number of fused-ring (bicyclic) bond motifs is 2. The molecule has 1 aliphatic rings. The normalized spacial score (nSPS) is 13.7. The topological polar surface area (TPSA) is 41.6 Å². The SMILES string of the molecule is Cc1ccnc(C)c1-c1cnc2[nH]cc(-c3ccc4c(c3)CCCC4)c2c1. The van der Waals surface area contributed by atoms with Crippen molar-refractivity contribution < 1.29 is 0 Å². The Kier molecular flexibility index (Phi) is 3.82. The number of nitrogens with zero attached hydrogens (tertiary/aromatic N) is 2. The van der Waals surface area contributed by atoms with E-state index < -0.39 is 0 Å². The quantitative estimate of drug-likeness (QED) is 0.496. The molecule has 0 saturated heterocycles. The highest BCUT2D eigenvalue weighted by molar-refractivity contribution is 5.96. The summed E-state index contributed by atoms with van der Waals surface area (Å²) in [6.45, 7) is 4.20. The molecule has 3 heteroatoms. The fraction of sp³-hybridized carbons (Fsp3) is 0.250. The van der Waals surface area contributed by atoms with E-state index >= 15 is 0 Å². The minimum absolute atomic E-state index is 0.936.